The van der Waals surface area contributed by atoms with Crippen molar-refractivity contribution >= 4 is 17.9 Å². The molecular weight excluding hydrogens is 949 g/mol. The molecule has 0 saturated carbocycles. The van der Waals surface area contributed by atoms with Crippen molar-refractivity contribution in [1.29, 1.82) is 0 Å². The number of hydrogen-bond donors (Lipinski definition) is 0. The molecule has 6 nitrogen and oxygen atoms in total. The third-order valence-corrected chi connectivity index (χ3v) is 11.9. The molecule has 0 aromatic heterocycles. The Bertz CT molecular complexity index is 1840. The Hall–Kier alpha value is -5.49. The van der Waals surface area contributed by atoms with Gasteiger partial charge in [-0.05, 0) is 148 Å². The van der Waals surface area contributed by atoms with Gasteiger partial charge in [-0.15, -0.1) is 0 Å². The van der Waals surface area contributed by atoms with E-state index in [9.17, 15) is 14.4 Å². The highest BCUT2D eigenvalue weighted by Gasteiger charge is 2.19. The van der Waals surface area contributed by atoms with Crippen LogP contribution in [0, 0.1) is 0 Å². The molecule has 0 rings (SSSR count). The molecule has 0 amide bonds. The van der Waals surface area contributed by atoms with Gasteiger partial charge >= 0.3 is 17.9 Å². The second-order valence-electron chi connectivity index (χ2n) is 19.1. The summed E-state index contributed by atoms with van der Waals surface area (Å²) < 4.78 is 16.8. The molecule has 0 bridgehead atoms. The first kappa shape index (κ1) is 71.5. The van der Waals surface area contributed by atoms with E-state index in [-0.39, 0.29) is 44.0 Å². The molecule has 0 heterocycles. The summed E-state index contributed by atoms with van der Waals surface area (Å²) in [5, 5.41) is 0. The van der Waals surface area contributed by atoms with Crippen LogP contribution in [0.25, 0.3) is 0 Å². The summed E-state index contributed by atoms with van der Waals surface area (Å²) in [7, 11) is 0. The van der Waals surface area contributed by atoms with Crippen molar-refractivity contribution in [3.8, 4) is 0 Å². The minimum Gasteiger partial charge on any atom is -0.462 e. The lowest BCUT2D eigenvalue weighted by Gasteiger charge is -2.18. The molecule has 0 aromatic carbocycles. The van der Waals surface area contributed by atoms with Crippen LogP contribution in [0.1, 0.15) is 226 Å². The van der Waals surface area contributed by atoms with Gasteiger partial charge in [0.25, 0.3) is 0 Å². The summed E-state index contributed by atoms with van der Waals surface area (Å²) in [4.78, 5) is 38.2. The van der Waals surface area contributed by atoms with Gasteiger partial charge in [-0.25, -0.2) is 0 Å². The van der Waals surface area contributed by atoms with E-state index in [4.69, 9.17) is 14.2 Å². The molecular formula is C71H108O6. The molecule has 428 valence electrons. The molecule has 0 aromatic rings. The first-order chi connectivity index (χ1) is 38.0. The summed E-state index contributed by atoms with van der Waals surface area (Å²) in [6.45, 7) is 6.19. The van der Waals surface area contributed by atoms with Gasteiger partial charge < -0.3 is 14.2 Å². The van der Waals surface area contributed by atoms with E-state index in [1.165, 1.54) is 19.3 Å². The van der Waals surface area contributed by atoms with Crippen LogP contribution in [0.3, 0.4) is 0 Å². The molecule has 1 unspecified atom stereocenters. The van der Waals surface area contributed by atoms with Crippen molar-refractivity contribution in [2.45, 2.75) is 232 Å². The largest absolute Gasteiger partial charge is 0.462 e. The van der Waals surface area contributed by atoms with Gasteiger partial charge in [0.15, 0.2) is 6.10 Å². The Balaban J connectivity index is 4.54. The number of allylic oxidation sites excluding steroid dienone is 30. The maximum Gasteiger partial charge on any atom is 0.306 e. The topological polar surface area (TPSA) is 78.9 Å². The number of carbonyl (C=O) groups excluding carboxylic acids is 3. The van der Waals surface area contributed by atoms with Crippen molar-refractivity contribution in [2.24, 2.45) is 0 Å². The SMILES string of the molecule is CC/C=C\C/C=C\C/C=C\C/C=C\C/C=C\C/C=C\C/C=C\CCCC(=O)OCC(COC(=O)CCCCC/C=C\C/C=C\C/C=C\CC)OC(=O)CCCCCCCCC/C=C\C/C=C\C/C=C\C/C=C\C/C=C\CC. The molecule has 77 heavy (non-hydrogen) atoms. The molecule has 0 radical (unpaired) electrons. The van der Waals surface area contributed by atoms with Crippen molar-refractivity contribution in [3.05, 3.63) is 182 Å². The van der Waals surface area contributed by atoms with Crippen LogP contribution >= 0.6 is 0 Å². The van der Waals surface area contributed by atoms with Gasteiger partial charge in [-0.1, -0.05) is 242 Å². The van der Waals surface area contributed by atoms with E-state index in [1.54, 1.807) is 0 Å². The molecule has 0 aliphatic carbocycles. The second kappa shape index (κ2) is 63.0. The summed E-state index contributed by atoms with van der Waals surface area (Å²) in [6.07, 6.45) is 94.6. The lowest BCUT2D eigenvalue weighted by molar-refractivity contribution is -0.167. The van der Waals surface area contributed by atoms with Crippen LogP contribution in [0.2, 0.25) is 0 Å². The third-order valence-electron chi connectivity index (χ3n) is 11.9. The molecule has 0 aliphatic rings. The monoisotopic (exact) mass is 1060 g/mol. The van der Waals surface area contributed by atoms with E-state index < -0.39 is 6.10 Å². The van der Waals surface area contributed by atoms with Crippen LogP contribution in [0.5, 0.6) is 0 Å². The minimum absolute atomic E-state index is 0.126. The standard InChI is InChI=1S/C71H108O6/c1-4-7-10-13-16-19-22-25-27-29-31-33-35-37-39-41-43-46-49-52-55-58-61-64-70(73)76-67-68(66-75-69(72)63-60-57-54-51-48-45-24-21-18-15-12-9-6-3)77-71(74)65-62-59-56-53-50-47-44-42-40-38-36-34-32-30-28-26-23-20-17-14-11-8-5-2/h7-12,16-21,25-28,31-34,37-40,43,45-46,48,52,55,68H,4-6,13-15,22-24,29-30,35-36,41-42,44,47,49-51,53-54,56-67H2,1-3H3/b10-7-,11-8-,12-9-,19-16-,20-17-,21-18-,27-25-,28-26-,33-31-,34-32-,39-37-,40-38-,46-43-,48-45-,55-52-. The van der Waals surface area contributed by atoms with Gasteiger partial charge in [-0.3, -0.25) is 14.4 Å². The summed E-state index contributed by atoms with van der Waals surface area (Å²) in [5.41, 5.74) is 0. The maximum atomic E-state index is 12.9. The molecule has 0 fully saturated rings. The van der Waals surface area contributed by atoms with Crippen LogP contribution in [0.15, 0.2) is 182 Å². The summed E-state index contributed by atoms with van der Waals surface area (Å²) in [5.74, 6) is -1.04. The van der Waals surface area contributed by atoms with Gasteiger partial charge in [0.1, 0.15) is 13.2 Å². The molecule has 0 N–H and O–H groups in total. The van der Waals surface area contributed by atoms with Crippen LogP contribution in [-0.2, 0) is 28.6 Å². The van der Waals surface area contributed by atoms with Gasteiger partial charge in [0, 0.05) is 19.3 Å². The molecule has 0 aliphatic heterocycles. The van der Waals surface area contributed by atoms with Crippen LogP contribution < -0.4 is 0 Å². The highest BCUT2D eigenvalue weighted by atomic mass is 16.6. The van der Waals surface area contributed by atoms with Crippen molar-refractivity contribution < 1.29 is 28.6 Å². The van der Waals surface area contributed by atoms with Crippen molar-refractivity contribution in [1.82, 2.24) is 0 Å². The van der Waals surface area contributed by atoms with Crippen LogP contribution in [0.4, 0.5) is 0 Å². The summed E-state index contributed by atoms with van der Waals surface area (Å²) in [6, 6.07) is 0. The minimum atomic E-state index is -0.832. The molecule has 0 spiro atoms. The first-order valence-electron chi connectivity index (χ1n) is 30.3. The Kier molecular flexibility index (Phi) is 58.6. The zero-order valence-corrected chi connectivity index (χ0v) is 48.9. The molecule has 0 saturated heterocycles. The second-order valence-corrected chi connectivity index (χ2v) is 19.1. The molecule has 1 atom stereocenters. The average molecular weight is 1060 g/mol. The van der Waals surface area contributed by atoms with Gasteiger partial charge in [0.2, 0.25) is 0 Å². The Morgan fingerprint density at radius 3 is 0.792 bits per heavy atom. The summed E-state index contributed by atoms with van der Waals surface area (Å²) >= 11 is 0. The Morgan fingerprint density at radius 1 is 0.260 bits per heavy atom. The lowest BCUT2D eigenvalue weighted by atomic mass is 10.1. The number of hydrogen-bond acceptors (Lipinski definition) is 6. The molecule has 6 heteroatoms. The fourth-order valence-corrected chi connectivity index (χ4v) is 7.47. The quantitative estimate of drug-likeness (QED) is 0.0261. The van der Waals surface area contributed by atoms with E-state index in [2.05, 4.69) is 203 Å². The van der Waals surface area contributed by atoms with Crippen LogP contribution in [-0.4, -0.2) is 37.2 Å². The normalized spacial score (nSPS) is 13.4. The van der Waals surface area contributed by atoms with E-state index in [0.717, 1.165) is 161 Å². The zero-order chi connectivity index (χ0) is 55.7. The van der Waals surface area contributed by atoms with E-state index in [0.29, 0.717) is 12.8 Å². The van der Waals surface area contributed by atoms with E-state index in [1.807, 2.05) is 0 Å². The average Bonchev–Trinajstić information content (AvgIpc) is 3.43. The number of esters is 3. The lowest BCUT2D eigenvalue weighted by Crippen LogP contribution is -2.30. The Morgan fingerprint density at radius 2 is 0.481 bits per heavy atom. The highest BCUT2D eigenvalue weighted by molar-refractivity contribution is 5.71. The predicted octanol–water partition coefficient (Wildman–Crippen LogP) is 20.9. The fourth-order valence-electron chi connectivity index (χ4n) is 7.47. The number of unbranched alkanes of at least 4 members (excludes halogenated alkanes) is 11. The number of ether oxygens (including phenoxy) is 3. The van der Waals surface area contributed by atoms with E-state index >= 15 is 0 Å². The van der Waals surface area contributed by atoms with Crippen molar-refractivity contribution in [3.63, 3.8) is 0 Å². The smallest absolute Gasteiger partial charge is 0.306 e. The van der Waals surface area contributed by atoms with Gasteiger partial charge in [-0.2, -0.15) is 0 Å². The first-order valence-corrected chi connectivity index (χ1v) is 30.3. The Labute approximate surface area is 472 Å². The highest BCUT2D eigenvalue weighted by Crippen LogP contribution is 2.13. The zero-order valence-electron chi connectivity index (χ0n) is 48.9. The third kappa shape index (κ3) is 61.2. The predicted molar refractivity (Wildman–Crippen MR) is 334 cm³/mol. The maximum absolute atomic E-state index is 12.9. The van der Waals surface area contributed by atoms with Crippen molar-refractivity contribution in [2.75, 3.05) is 13.2 Å². The fraction of sp³-hybridized carbons (Fsp3) is 0.535. The number of rotatable bonds is 52. The number of carbonyl (C=O) groups is 3. The van der Waals surface area contributed by atoms with Gasteiger partial charge in [0.05, 0.1) is 0 Å².